The van der Waals surface area contributed by atoms with Crippen molar-refractivity contribution in [1.29, 1.82) is 0 Å². The summed E-state index contributed by atoms with van der Waals surface area (Å²) in [5.74, 6) is 0.631. The summed E-state index contributed by atoms with van der Waals surface area (Å²) >= 11 is 11.7. The van der Waals surface area contributed by atoms with E-state index < -0.39 is 24.5 Å². The number of benzene rings is 1. The van der Waals surface area contributed by atoms with E-state index in [1.165, 1.54) is 37.5 Å². The fourth-order valence-corrected chi connectivity index (χ4v) is 6.05. The largest absolute Gasteiger partial charge is 0.452 e. The van der Waals surface area contributed by atoms with Crippen molar-refractivity contribution >= 4 is 41.1 Å². The number of amides is 3. The smallest absolute Gasteiger partial charge is 0.340 e. The molecule has 0 unspecified atom stereocenters. The Hall–Kier alpha value is -1.79. The van der Waals surface area contributed by atoms with Crippen LogP contribution < -0.4 is 10.6 Å². The van der Waals surface area contributed by atoms with E-state index in [0.717, 1.165) is 19.3 Å². The molecule has 4 aliphatic rings. The zero-order valence-corrected chi connectivity index (χ0v) is 16.8. The number of carbonyl (C=O) groups excluding carboxylic acids is 3. The normalized spacial score (nSPS) is 30.0. The molecule has 2 N–H and O–H groups in total. The van der Waals surface area contributed by atoms with Crippen LogP contribution in [0.15, 0.2) is 18.2 Å². The number of ether oxygens (including phenoxy) is 1. The van der Waals surface area contributed by atoms with Crippen molar-refractivity contribution in [3.63, 3.8) is 0 Å². The fourth-order valence-electron chi connectivity index (χ4n) is 5.56. The summed E-state index contributed by atoms with van der Waals surface area (Å²) in [6, 6.07) is 3.82. The van der Waals surface area contributed by atoms with E-state index in [-0.39, 0.29) is 16.1 Å². The van der Waals surface area contributed by atoms with E-state index in [1.54, 1.807) is 0 Å². The number of carbonyl (C=O) groups is 3. The van der Waals surface area contributed by atoms with Gasteiger partial charge in [0.1, 0.15) is 0 Å². The molecule has 4 saturated carbocycles. The van der Waals surface area contributed by atoms with E-state index in [4.69, 9.17) is 27.9 Å². The van der Waals surface area contributed by atoms with Crippen LogP contribution in [0.2, 0.25) is 10.0 Å². The average Bonchev–Trinajstić information content (AvgIpc) is 2.57. The second-order valence-corrected chi connectivity index (χ2v) is 9.24. The first-order chi connectivity index (χ1) is 13.3. The molecular formula is C20H22Cl2N2O4. The van der Waals surface area contributed by atoms with Crippen molar-refractivity contribution in [1.82, 2.24) is 10.6 Å². The predicted octanol–water partition coefficient (Wildman–Crippen LogP) is 3.94. The summed E-state index contributed by atoms with van der Waals surface area (Å²) in [4.78, 5) is 36.4. The van der Waals surface area contributed by atoms with Crippen molar-refractivity contribution in [3.8, 4) is 0 Å². The van der Waals surface area contributed by atoms with Gasteiger partial charge in [0.15, 0.2) is 6.61 Å². The molecule has 0 radical (unpaired) electrons. The van der Waals surface area contributed by atoms with Crippen LogP contribution >= 0.6 is 23.2 Å². The standard InChI is InChI=1S/C20H22Cl2N2O4/c21-14-1-2-15(16(22)6-14)18(26)28-10-17(25)23-19(27)24-20-7-11-3-12(8-20)5-13(4-11)9-20/h1-2,6,11-13H,3-5,7-10H2,(H2,23,24,25,27). The van der Waals surface area contributed by atoms with Gasteiger partial charge in [0.25, 0.3) is 5.91 Å². The fraction of sp³-hybridized carbons (Fsp3) is 0.550. The predicted molar refractivity (Wildman–Crippen MR) is 104 cm³/mol. The van der Waals surface area contributed by atoms with Gasteiger partial charge >= 0.3 is 12.0 Å². The molecule has 6 nitrogen and oxygen atoms in total. The summed E-state index contributed by atoms with van der Waals surface area (Å²) < 4.78 is 4.95. The van der Waals surface area contributed by atoms with E-state index >= 15 is 0 Å². The third kappa shape index (κ3) is 4.13. The van der Waals surface area contributed by atoms with Gasteiger partial charge in [-0.25, -0.2) is 9.59 Å². The van der Waals surface area contributed by atoms with Crippen molar-refractivity contribution in [3.05, 3.63) is 33.8 Å². The Labute approximate surface area is 173 Å². The molecule has 0 heterocycles. The van der Waals surface area contributed by atoms with Gasteiger partial charge in [-0.3, -0.25) is 10.1 Å². The summed E-state index contributed by atoms with van der Waals surface area (Å²) in [6.07, 6.45) is 6.78. The number of hydrogen-bond donors (Lipinski definition) is 2. The zero-order chi connectivity index (χ0) is 19.9. The molecular weight excluding hydrogens is 403 g/mol. The maximum Gasteiger partial charge on any atom is 0.340 e. The number of halogens is 2. The van der Waals surface area contributed by atoms with Gasteiger partial charge in [-0.05, 0) is 74.5 Å². The third-order valence-electron chi connectivity index (χ3n) is 6.16. The lowest BCUT2D eigenvalue weighted by Gasteiger charge is -2.56. The number of hydrogen-bond acceptors (Lipinski definition) is 4. The van der Waals surface area contributed by atoms with Crippen LogP contribution in [0.4, 0.5) is 4.79 Å². The Morgan fingerprint density at radius 3 is 2.21 bits per heavy atom. The van der Waals surface area contributed by atoms with Crippen LogP contribution in [0.1, 0.15) is 48.9 Å². The minimum Gasteiger partial charge on any atom is -0.452 e. The first-order valence-corrected chi connectivity index (χ1v) is 10.3. The second kappa shape index (κ2) is 7.56. The Bertz CT molecular complexity index is 791. The molecule has 1 aromatic rings. The lowest BCUT2D eigenvalue weighted by Crippen LogP contribution is -2.62. The highest BCUT2D eigenvalue weighted by Crippen LogP contribution is 2.55. The summed E-state index contributed by atoms with van der Waals surface area (Å²) in [6.45, 7) is -0.563. The van der Waals surface area contributed by atoms with Crippen LogP contribution in [0.5, 0.6) is 0 Å². The summed E-state index contributed by atoms with van der Waals surface area (Å²) in [7, 11) is 0. The Balaban J connectivity index is 1.27. The summed E-state index contributed by atoms with van der Waals surface area (Å²) in [5, 5.41) is 5.83. The lowest BCUT2D eigenvalue weighted by molar-refractivity contribution is -0.123. The Kier molecular flexibility index (Phi) is 5.27. The van der Waals surface area contributed by atoms with Gasteiger partial charge in [-0.2, -0.15) is 0 Å². The maximum absolute atomic E-state index is 12.3. The molecule has 0 saturated heterocycles. The van der Waals surface area contributed by atoms with Crippen LogP contribution in [-0.2, 0) is 9.53 Å². The van der Waals surface area contributed by atoms with Gasteiger partial charge in [0.2, 0.25) is 0 Å². The molecule has 5 rings (SSSR count). The highest BCUT2D eigenvalue weighted by atomic mass is 35.5. The van der Waals surface area contributed by atoms with Gasteiger partial charge in [-0.15, -0.1) is 0 Å². The number of nitrogens with one attached hydrogen (secondary N) is 2. The van der Waals surface area contributed by atoms with Crippen LogP contribution in [0.25, 0.3) is 0 Å². The number of imide groups is 1. The van der Waals surface area contributed by atoms with E-state index in [1.807, 2.05) is 0 Å². The molecule has 1 aromatic carbocycles. The minimum atomic E-state index is -0.752. The van der Waals surface area contributed by atoms with Gasteiger partial charge < -0.3 is 10.1 Å². The van der Waals surface area contributed by atoms with Crippen LogP contribution in [0.3, 0.4) is 0 Å². The van der Waals surface area contributed by atoms with Crippen molar-refractivity contribution in [2.24, 2.45) is 17.8 Å². The first kappa shape index (κ1) is 19.5. The minimum absolute atomic E-state index is 0.108. The van der Waals surface area contributed by atoms with Crippen LogP contribution in [0, 0.1) is 17.8 Å². The molecule has 0 aliphatic heterocycles. The molecule has 8 heteroatoms. The molecule has 4 bridgehead atoms. The SMILES string of the molecule is O=C(COC(=O)c1ccc(Cl)cc1Cl)NC(=O)NC12CC3CC(CC(C3)C1)C2. The number of esters is 1. The first-order valence-electron chi connectivity index (χ1n) is 9.56. The zero-order valence-electron chi connectivity index (χ0n) is 15.3. The topological polar surface area (TPSA) is 84.5 Å². The van der Waals surface area contributed by atoms with E-state index in [0.29, 0.717) is 22.8 Å². The highest BCUT2D eigenvalue weighted by molar-refractivity contribution is 6.36. The third-order valence-corrected chi connectivity index (χ3v) is 6.70. The maximum atomic E-state index is 12.3. The number of rotatable bonds is 4. The molecule has 0 spiro atoms. The van der Waals surface area contributed by atoms with Gasteiger partial charge in [-0.1, -0.05) is 23.2 Å². The molecule has 28 heavy (non-hydrogen) atoms. The van der Waals surface area contributed by atoms with Crippen LogP contribution in [-0.4, -0.2) is 30.1 Å². The summed E-state index contributed by atoms with van der Waals surface area (Å²) in [5.41, 5.74) is -0.0796. The number of urea groups is 1. The second-order valence-electron chi connectivity index (χ2n) is 8.40. The van der Waals surface area contributed by atoms with Crippen molar-refractivity contribution in [2.75, 3.05) is 6.61 Å². The molecule has 0 aromatic heterocycles. The molecule has 4 fully saturated rings. The lowest BCUT2D eigenvalue weighted by atomic mass is 9.53. The molecule has 0 atom stereocenters. The molecule has 4 aliphatic carbocycles. The molecule has 3 amide bonds. The Morgan fingerprint density at radius 2 is 1.64 bits per heavy atom. The van der Waals surface area contributed by atoms with E-state index in [2.05, 4.69) is 10.6 Å². The monoisotopic (exact) mass is 424 g/mol. The van der Waals surface area contributed by atoms with Gasteiger partial charge in [0, 0.05) is 10.6 Å². The average molecular weight is 425 g/mol. The van der Waals surface area contributed by atoms with Gasteiger partial charge in [0.05, 0.1) is 10.6 Å². The van der Waals surface area contributed by atoms with E-state index in [9.17, 15) is 14.4 Å². The quantitative estimate of drug-likeness (QED) is 0.716. The highest BCUT2D eigenvalue weighted by Gasteiger charge is 2.51. The Morgan fingerprint density at radius 1 is 1.04 bits per heavy atom. The van der Waals surface area contributed by atoms with Crippen molar-refractivity contribution < 1.29 is 19.1 Å². The van der Waals surface area contributed by atoms with Crippen molar-refractivity contribution in [2.45, 2.75) is 44.1 Å². The molecule has 150 valence electrons.